The van der Waals surface area contributed by atoms with Crippen molar-refractivity contribution in [1.29, 1.82) is 0 Å². The molecule has 0 aromatic carbocycles. The van der Waals surface area contributed by atoms with E-state index >= 15 is 0 Å². The van der Waals surface area contributed by atoms with E-state index in [1.54, 1.807) is 40.0 Å². The third kappa shape index (κ3) is 4.86. The number of carbonyl (C=O) groups is 1. The Kier molecular flexibility index (Phi) is 5.88. The second kappa shape index (κ2) is 7.91. The molecule has 1 amide bonds. The van der Waals surface area contributed by atoms with Crippen LogP contribution in [0.5, 0.6) is 0 Å². The minimum Gasteiger partial charge on any atom is -0.351 e. The van der Waals surface area contributed by atoms with E-state index in [1.165, 1.54) is 0 Å². The lowest BCUT2D eigenvalue weighted by Gasteiger charge is -2.04. The molecule has 0 bridgehead atoms. The van der Waals surface area contributed by atoms with Gasteiger partial charge in [-0.2, -0.15) is 0 Å². The quantitative estimate of drug-likeness (QED) is 0.657. The van der Waals surface area contributed by atoms with E-state index in [2.05, 4.69) is 15.3 Å². The van der Waals surface area contributed by atoms with Crippen LogP contribution >= 0.6 is 21.6 Å². The van der Waals surface area contributed by atoms with Gasteiger partial charge in [-0.15, -0.1) is 0 Å². The zero-order valence-electron chi connectivity index (χ0n) is 11.1. The molecule has 20 heavy (non-hydrogen) atoms. The summed E-state index contributed by atoms with van der Waals surface area (Å²) < 4.78 is 0. The molecule has 104 valence electrons. The molecule has 1 N–H and O–H groups in total. The van der Waals surface area contributed by atoms with E-state index in [4.69, 9.17) is 0 Å². The van der Waals surface area contributed by atoms with Crippen LogP contribution in [0.15, 0.2) is 47.8 Å². The van der Waals surface area contributed by atoms with E-state index in [-0.39, 0.29) is 5.91 Å². The average molecular weight is 305 g/mol. The number of carbonyl (C=O) groups excluding carboxylic acids is 1. The summed E-state index contributed by atoms with van der Waals surface area (Å²) in [7, 11) is 3.28. The summed E-state index contributed by atoms with van der Waals surface area (Å²) >= 11 is 0. The zero-order valence-corrected chi connectivity index (χ0v) is 12.7. The molecule has 0 fully saturated rings. The van der Waals surface area contributed by atoms with E-state index in [9.17, 15) is 4.79 Å². The fourth-order valence-corrected chi connectivity index (χ4v) is 3.19. The predicted octanol–water partition coefficient (Wildman–Crippen LogP) is 2.96. The van der Waals surface area contributed by atoms with Crippen LogP contribution in [0, 0.1) is 6.92 Å². The Balaban J connectivity index is 1.66. The predicted molar refractivity (Wildman–Crippen MR) is 83.9 cm³/mol. The number of rotatable bonds is 6. The zero-order chi connectivity index (χ0) is 14.2. The molecule has 0 unspecified atom stereocenters. The molecule has 2 aromatic rings. The fourth-order valence-electron chi connectivity index (χ4n) is 1.41. The number of amides is 1. The highest BCUT2D eigenvalue weighted by Crippen LogP contribution is 2.28. The number of hydrogen-bond donors (Lipinski definition) is 1. The molecule has 0 aliphatic carbocycles. The van der Waals surface area contributed by atoms with E-state index in [0.717, 1.165) is 16.5 Å². The summed E-state index contributed by atoms with van der Waals surface area (Å²) in [5, 5.41) is 3.85. The molecule has 6 heteroatoms. The molecule has 4 nitrogen and oxygen atoms in total. The van der Waals surface area contributed by atoms with Crippen molar-refractivity contribution in [2.45, 2.75) is 11.9 Å². The molecule has 0 atom stereocenters. The highest BCUT2D eigenvalue weighted by atomic mass is 33.1. The topological polar surface area (TPSA) is 54.9 Å². The standard InChI is InChI=1S/C14H15N3OS2/c1-11-5-6-12(10-17-11)14(18)16-8-9-19-20-13-4-2-3-7-15-13/h2-7,10H,8-9H2,1H3,(H,16,18). The van der Waals surface area contributed by atoms with Crippen molar-refractivity contribution < 1.29 is 4.79 Å². The molecule has 2 heterocycles. The average Bonchev–Trinajstić information content (AvgIpc) is 2.48. The Morgan fingerprint density at radius 2 is 2.15 bits per heavy atom. The smallest absolute Gasteiger partial charge is 0.252 e. The van der Waals surface area contributed by atoms with Gasteiger partial charge in [-0.1, -0.05) is 16.9 Å². The largest absolute Gasteiger partial charge is 0.351 e. The SMILES string of the molecule is Cc1ccc(C(=O)NCCSSc2ccccn2)cn1. The minimum atomic E-state index is -0.0825. The van der Waals surface area contributed by atoms with Gasteiger partial charge in [-0.05, 0) is 42.0 Å². The third-order valence-corrected chi connectivity index (χ3v) is 4.69. The van der Waals surface area contributed by atoms with Gasteiger partial charge in [0.25, 0.3) is 5.91 Å². The fraction of sp³-hybridized carbons (Fsp3) is 0.214. The van der Waals surface area contributed by atoms with Gasteiger partial charge in [-0.3, -0.25) is 9.78 Å². The van der Waals surface area contributed by atoms with Gasteiger partial charge in [0.05, 0.1) is 5.56 Å². The normalized spacial score (nSPS) is 10.2. The summed E-state index contributed by atoms with van der Waals surface area (Å²) in [6, 6.07) is 9.44. The second-order valence-corrected chi connectivity index (χ2v) is 6.45. The number of pyridine rings is 2. The van der Waals surface area contributed by atoms with Crippen LogP contribution in [0.2, 0.25) is 0 Å². The highest BCUT2D eigenvalue weighted by molar-refractivity contribution is 8.76. The molecule has 0 saturated carbocycles. The maximum absolute atomic E-state index is 11.8. The molecular weight excluding hydrogens is 290 g/mol. The van der Waals surface area contributed by atoms with Gasteiger partial charge in [0.15, 0.2) is 0 Å². The lowest BCUT2D eigenvalue weighted by molar-refractivity contribution is 0.0956. The first-order valence-corrected chi connectivity index (χ1v) is 8.49. The monoisotopic (exact) mass is 305 g/mol. The second-order valence-electron chi connectivity index (χ2n) is 4.02. The molecule has 2 rings (SSSR count). The van der Waals surface area contributed by atoms with Crippen LogP contribution < -0.4 is 5.32 Å². The molecule has 2 aromatic heterocycles. The molecular formula is C14H15N3OS2. The van der Waals surface area contributed by atoms with Crippen LogP contribution in [-0.2, 0) is 0 Å². The molecule has 0 aliphatic rings. The van der Waals surface area contributed by atoms with Crippen molar-refractivity contribution in [1.82, 2.24) is 15.3 Å². The first-order valence-electron chi connectivity index (χ1n) is 6.17. The van der Waals surface area contributed by atoms with Gasteiger partial charge >= 0.3 is 0 Å². The van der Waals surface area contributed by atoms with Crippen molar-refractivity contribution in [2.75, 3.05) is 12.3 Å². The van der Waals surface area contributed by atoms with Gasteiger partial charge in [0.2, 0.25) is 0 Å². The summed E-state index contributed by atoms with van der Waals surface area (Å²) in [4.78, 5) is 20.1. The summed E-state index contributed by atoms with van der Waals surface area (Å²) in [5.74, 6) is 0.743. The maximum atomic E-state index is 11.8. The number of hydrogen-bond acceptors (Lipinski definition) is 5. The Bertz CT molecular complexity index is 546. The number of aryl methyl sites for hydroxylation is 1. The van der Waals surface area contributed by atoms with Crippen LogP contribution in [0.4, 0.5) is 0 Å². The summed E-state index contributed by atoms with van der Waals surface area (Å²) in [5.41, 5.74) is 1.50. The molecule has 0 saturated heterocycles. The van der Waals surface area contributed by atoms with Crippen LogP contribution in [0.3, 0.4) is 0 Å². The number of nitrogens with zero attached hydrogens (tertiary/aromatic N) is 2. The van der Waals surface area contributed by atoms with Crippen LogP contribution in [-0.4, -0.2) is 28.2 Å². The first kappa shape index (κ1) is 14.9. The minimum absolute atomic E-state index is 0.0825. The maximum Gasteiger partial charge on any atom is 0.252 e. The summed E-state index contributed by atoms with van der Waals surface area (Å²) in [6.07, 6.45) is 3.37. The first-order chi connectivity index (χ1) is 9.75. The van der Waals surface area contributed by atoms with Crippen LogP contribution in [0.1, 0.15) is 16.1 Å². The van der Waals surface area contributed by atoms with Gasteiger partial charge < -0.3 is 5.32 Å². The Morgan fingerprint density at radius 1 is 1.25 bits per heavy atom. The van der Waals surface area contributed by atoms with Crippen molar-refractivity contribution in [3.05, 3.63) is 54.0 Å². The lowest BCUT2D eigenvalue weighted by atomic mass is 10.2. The Morgan fingerprint density at radius 3 is 2.85 bits per heavy atom. The third-order valence-electron chi connectivity index (χ3n) is 2.43. The Hall–Kier alpha value is -1.53. The van der Waals surface area contributed by atoms with Gasteiger partial charge in [0.1, 0.15) is 5.03 Å². The van der Waals surface area contributed by atoms with Gasteiger partial charge in [0, 0.05) is 30.4 Å². The van der Waals surface area contributed by atoms with E-state index in [0.29, 0.717) is 12.1 Å². The van der Waals surface area contributed by atoms with E-state index in [1.807, 2.05) is 31.2 Å². The molecule has 0 aliphatic heterocycles. The molecule has 0 radical (unpaired) electrons. The van der Waals surface area contributed by atoms with E-state index < -0.39 is 0 Å². The van der Waals surface area contributed by atoms with Crippen LogP contribution in [0.25, 0.3) is 0 Å². The summed E-state index contributed by atoms with van der Waals surface area (Å²) in [6.45, 7) is 2.52. The highest BCUT2D eigenvalue weighted by Gasteiger charge is 2.04. The Labute approximate surface area is 126 Å². The van der Waals surface area contributed by atoms with Crippen molar-refractivity contribution in [2.24, 2.45) is 0 Å². The molecule has 0 spiro atoms. The number of aromatic nitrogens is 2. The number of nitrogens with one attached hydrogen (secondary N) is 1. The van der Waals surface area contributed by atoms with Crippen molar-refractivity contribution in [3.63, 3.8) is 0 Å². The lowest BCUT2D eigenvalue weighted by Crippen LogP contribution is -2.25. The van der Waals surface area contributed by atoms with Gasteiger partial charge in [-0.25, -0.2) is 4.98 Å². The van der Waals surface area contributed by atoms with Crippen molar-refractivity contribution in [3.8, 4) is 0 Å². The van der Waals surface area contributed by atoms with Crippen molar-refractivity contribution >= 4 is 27.5 Å².